The van der Waals surface area contributed by atoms with Crippen molar-refractivity contribution in [1.82, 2.24) is 5.32 Å². The minimum Gasteiger partial charge on any atom is -0.496 e. The Kier molecular flexibility index (Phi) is 3.15. The quantitative estimate of drug-likeness (QED) is 0.836. The van der Waals surface area contributed by atoms with Crippen LogP contribution in [-0.2, 0) is 15.0 Å². The van der Waals surface area contributed by atoms with Gasteiger partial charge in [0.05, 0.1) is 17.9 Å². The average molecular weight is 289 g/mol. The largest absolute Gasteiger partial charge is 0.496 e. The minimum absolute atomic E-state index is 0.0838. The summed E-state index contributed by atoms with van der Waals surface area (Å²) in [4.78, 5) is 23.7. The molecule has 0 saturated heterocycles. The molecule has 2 saturated carbocycles. The lowest BCUT2D eigenvalue weighted by molar-refractivity contribution is -0.143. The van der Waals surface area contributed by atoms with Gasteiger partial charge in [0.25, 0.3) is 0 Å². The fourth-order valence-corrected chi connectivity index (χ4v) is 2.82. The Balaban J connectivity index is 1.74. The van der Waals surface area contributed by atoms with Crippen LogP contribution < -0.4 is 10.1 Å². The zero-order chi connectivity index (χ0) is 15.1. The molecule has 0 aliphatic heterocycles. The summed E-state index contributed by atoms with van der Waals surface area (Å²) >= 11 is 0. The fourth-order valence-electron chi connectivity index (χ4n) is 2.82. The third-order valence-electron chi connectivity index (χ3n) is 4.70. The van der Waals surface area contributed by atoms with E-state index in [1.165, 1.54) is 0 Å². The number of hydrogen-bond donors (Lipinski definition) is 2. The molecule has 2 aliphatic rings. The van der Waals surface area contributed by atoms with Crippen LogP contribution in [0.5, 0.6) is 5.75 Å². The van der Waals surface area contributed by atoms with E-state index in [0.29, 0.717) is 18.6 Å². The summed E-state index contributed by atoms with van der Waals surface area (Å²) in [5, 5.41) is 12.0. The fraction of sp³-hybridized carbons (Fsp3) is 0.500. The molecule has 0 atom stereocenters. The third-order valence-corrected chi connectivity index (χ3v) is 4.70. The van der Waals surface area contributed by atoms with Gasteiger partial charge in [-0.25, -0.2) is 0 Å². The van der Waals surface area contributed by atoms with Crippen molar-refractivity contribution >= 4 is 11.9 Å². The number of aliphatic carboxylic acids is 1. The summed E-state index contributed by atoms with van der Waals surface area (Å²) in [7, 11) is 1.59. The predicted octanol–water partition coefficient (Wildman–Crippen LogP) is 1.71. The number of nitrogens with one attached hydrogen (secondary N) is 1. The lowest BCUT2D eigenvalue weighted by Gasteiger charge is -2.20. The Hall–Kier alpha value is -2.04. The maximum absolute atomic E-state index is 12.5. The number of rotatable bonds is 6. The summed E-state index contributed by atoms with van der Waals surface area (Å²) in [5.74, 6) is -0.186. The maximum atomic E-state index is 12.5. The first-order valence-electron chi connectivity index (χ1n) is 7.19. The van der Waals surface area contributed by atoms with E-state index < -0.39 is 16.8 Å². The zero-order valence-corrected chi connectivity index (χ0v) is 12.0. The van der Waals surface area contributed by atoms with E-state index in [1.54, 1.807) is 7.11 Å². The van der Waals surface area contributed by atoms with Crippen LogP contribution in [0.1, 0.15) is 31.2 Å². The molecule has 0 radical (unpaired) electrons. The van der Waals surface area contributed by atoms with Crippen molar-refractivity contribution in [2.45, 2.75) is 31.1 Å². The van der Waals surface area contributed by atoms with Gasteiger partial charge < -0.3 is 15.2 Å². The van der Waals surface area contributed by atoms with E-state index in [-0.39, 0.29) is 12.5 Å². The molecule has 0 bridgehead atoms. The maximum Gasteiger partial charge on any atom is 0.311 e. The number of ether oxygens (including phenoxy) is 1. The third kappa shape index (κ3) is 2.26. The van der Waals surface area contributed by atoms with Gasteiger partial charge in [-0.1, -0.05) is 18.2 Å². The first-order valence-corrected chi connectivity index (χ1v) is 7.19. The summed E-state index contributed by atoms with van der Waals surface area (Å²) in [6.07, 6.45) is 2.84. The van der Waals surface area contributed by atoms with Crippen LogP contribution in [0.25, 0.3) is 0 Å². The van der Waals surface area contributed by atoms with Gasteiger partial charge in [0.15, 0.2) is 0 Å². The number of carbonyl (C=O) groups is 2. The molecule has 21 heavy (non-hydrogen) atoms. The number of amides is 1. The van der Waals surface area contributed by atoms with Crippen LogP contribution in [-0.4, -0.2) is 30.6 Å². The van der Waals surface area contributed by atoms with Crippen LogP contribution in [0.15, 0.2) is 24.3 Å². The van der Waals surface area contributed by atoms with Crippen molar-refractivity contribution in [2.24, 2.45) is 5.41 Å². The minimum atomic E-state index is -0.815. The second-order valence-electron chi connectivity index (χ2n) is 6.05. The molecular formula is C16H19NO4. The Bertz CT molecular complexity index is 588. The Labute approximate surface area is 123 Å². The van der Waals surface area contributed by atoms with Crippen LogP contribution >= 0.6 is 0 Å². The van der Waals surface area contributed by atoms with Gasteiger partial charge in [-0.2, -0.15) is 0 Å². The normalized spacial score (nSPS) is 20.4. The van der Waals surface area contributed by atoms with E-state index >= 15 is 0 Å². The van der Waals surface area contributed by atoms with Crippen molar-refractivity contribution in [3.63, 3.8) is 0 Å². The molecule has 2 fully saturated rings. The number of methoxy groups -OCH3 is 1. The van der Waals surface area contributed by atoms with Crippen molar-refractivity contribution in [3.05, 3.63) is 29.8 Å². The van der Waals surface area contributed by atoms with Gasteiger partial charge in [0.1, 0.15) is 5.75 Å². The molecule has 5 nitrogen and oxygen atoms in total. The van der Waals surface area contributed by atoms with E-state index in [2.05, 4.69) is 5.32 Å². The van der Waals surface area contributed by atoms with E-state index in [4.69, 9.17) is 9.84 Å². The lowest BCUT2D eigenvalue weighted by atomic mass is 9.93. The zero-order valence-electron chi connectivity index (χ0n) is 12.0. The lowest BCUT2D eigenvalue weighted by Crippen LogP contribution is -2.40. The first-order chi connectivity index (χ1) is 10.0. The molecule has 1 aromatic rings. The molecule has 2 aliphatic carbocycles. The van der Waals surface area contributed by atoms with Crippen LogP contribution in [0.3, 0.4) is 0 Å². The van der Waals surface area contributed by atoms with Gasteiger partial charge in [0.2, 0.25) is 5.91 Å². The van der Waals surface area contributed by atoms with Gasteiger partial charge in [0, 0.05) is 12.1 Å². The van der Waals surface area contributed by atoms with Crippen LogP contribution in [0, 0.1) is 5.41 Å². The van der Waals surface area contributed by atoms with E-state index in [0.717, 1.165) is 18.4 Å². The Morgan fingerprint density at radius 2 is 1.90 bits per heavy atom. The molecule has 0 heterocycles. The van der Waals surface area contributed by atoms with Crippen molar-refractivity contribution in [3.8, 4) is 5.75 Å². The molecule has 0 aromatic heterocycles. The molecule has 0 unspecified atom stereocenters. The van der Waals surface area contributed by atoms with Gasteiger partial charge in [-0.05, 0) is 31.7 Å². The van der Waals surface area contributed by atoms with Crippen LogP contribution in [0.4, 0.5) is 0 Å². The number of hydrogen-bond acceptors (Lipinski definition) is 3. The number of carbonyl (C=O) groups excluding carboxylic acids is 1. The highest BCUT2D eigenvalue weighted by Crippen LogP contribution is 2.52. The van der Waals surface area contributed by atoms with E-state index in [1.807, 2.05) is 24.3 Å². The Morgan fingerprint density at radius 1 is 1.24 bits per heavy atom. The van der Waals surface area contributed by atoms with Gasteiger partial charge in [-0.3, -0.25) is 9.59 Å². The average Bonchev–Trinajstić information content (AvgIpc) is 3.39. The summed E-state index contributed by atoms with van der Waals surface area (Å²) in [6.45, 7) is 0.220. The highest BCUT2D eigenvalue weighted by Gasteiger charge is 2.55. The molecule has 0 spiro atoms. The topological polar surface area (TPSA) is 75.6 Å². The van der Waals surface area contributed by atoms with Crippen molar-refractivity contribution < 1.29 is 19.4 Å². The molecule has 5 heteroatoms. The molecular weight excluding hydrogens is 270 g/mol. The van der Waals surface area contributed by atoms with Crippen molar-refractivity contribution in [1.29, 1.82) is 0 Å². The predicted molar refractivity (Wildman–Crippen MR) is 76.2 cm³/mol. The monoisotopic (exact) mass is 289 g/mol. The summed E-state index contributed by atoms with van der Waals surface area (Å²) in [5.41, 5.74) is -0.376. The standard InChI is InChI=1S/C16H19NO4/c1-21-12-5-3-2-4-11(12)16(8-9-16)13(18)17-10-15(6-7-15)14(19)20/h2-5H,6-10H2,1H3,(H,17,18)(H,19,20). The summed E-state index contributed by atoms with van der Waals surface area (Å²) < 4.78 is 5.34. The smallest absolute Gasteiger partial charge is 0.311 e. The summed E-state index contributed by atoms with van der Waals surface area (Å²) in [6, 6.07) is 7.53. The van der Waals surface area contributed by atoms with Crippen LogP contribution in [0.2, 0.25) is 0 Å². The number of carboxylic acids is 1. The molecule has 112 valence electrons. The molecule has 1 amide bonds. The number of benzene rings is 1. The first kappa shape index (κ1) is 13.9. The second-order valence-corrected chi connectivity index (χ2v) is 6.05. The van der Waals surface area contributed by atoms with Gasteiger partial charge in [-0.15, -0.1) is 0 Å². The van der Waals surface area contributed by atoms with Gasteiger partial charge >= 0.3 is 5.97 Å². The van der Waals surface area contributed by atoms with E-state index in [9.17, 15) is 9.59 Å². The number of carboxylic acid groups (broad SMARTS) is 1. The second kappa shape index (κ2) is 4.76. The molecule has 1 aromatic carbocycles. The Morgan fingerprint density at radius 3 is 2.43 bits per heavy atom. The molecule has 3 rings (SSSR count). The highest BCUT2D eigenvalue weighted by molar-refractivity contribution is 5.92. The molecule has 2 N–H and O–H groups in total. The van der Waals surface area contributed by atoms with Crippen molar-refractivity contribution in [2.75, 3.05) is 13.7 Å². The SMILES string of the molecule is COc1ccccc1C1(C(=O)NCC2(C(=O)O)CC2)CC1. The number of para-hydroxylation sites is 1. The highest BCUT2D eigenvalue weighted by atomic mass is 16.5.